The molecule has 6 heteroatoms. The summed E-state index contributed by atoms with van der Waals surface area (Å²) in [4.78, 5) is 0. The van der Waals surface area contributed by atoms with E-state index in [1.807, 2.05) is 0 Å². The summed E-state index contributed by atoms with van der Waals surface area (Å²) in [6, 6.07) is 0. The number of hydrogen-bond acceptors (Lipinski definition) is 3. The summed E-state index contributed by atoms with van der Waals surface area (Å²) >= 11 is 0. The predicted molar refractivity (Wildman–Crippen MR) is 32.5 cm³/mol. The molecule has 1 heterocycles. The third-order valence-electron chi connectivity index (χ3n) is 0.331. The van der Waals surface area contributed by atoms with Crippen molar-refractivity contribution in [2.45, 2.75) is 0 Å². The average Bonchev–Trinajstić information content (AvgIpc) is 2.11. The lowest BCUT2D eigenvalue weighted by Crippen LogP contribution is -2.20. The van der Waals surface area contributed by atoms with Crippen LogP contribution in [-0.2, 0) is 0 Å². The predicted octanol–water partition coefficient (Wildman–Crippen LogP) is -1.36. The van der Waals surface area contributed by atoms with Crippen molar-refractivity contribution in [2.24, 2.45) is 11.5 Å². The Hall–Kier alpha value is -1.59. The Labute approximate surface area is 51.8 Å². The molecular formula is C3H8N6. The van der Waals surface area contributed by atoms with Crippen molar-refractivity contribution in [3.8, 4) is 0 Å². The maximum Gasteiger partial charge on any atom is 0.183 e. The van der Waals surface area contributed by atoms with Crippen molar-refractivity contribution >= 4 is 5.96 Å². The molecule has 1 aromatic heterocycles. The van der Waals surface area contributed by atoms with Crippen LogP contribution in [0.2, 0.25) is 0 Å². The molecule has 0 spiro atoms. The number of nitrogens with one attached hydrogen (secondary N) is 2. The Morgan fingerprint density at radius 3 is 2.22 bits per heavy atom. The molecular weight excluding hydrogens is 120 g/mol. The van der Waals surface area contributed by atoms with Crippen LogP contribution in [-0.4, -0.2) is 21.4 Å². The quantitative estimate of drug-likeness (QED) is 0.255. The first-order valence-corrected chi connectivity index (χ1v) is 2.13. The van der Waals surface area contributed by atoms with E-state index in [9.17, 15) is 0 Å². The van der Waals surface area contributed by atoms with Crippen molar-refractivity contribution in [1.82, 2.24) is 15.4 Å². The van der Waals surface area contributed by atoms with E-state index < -0.39 is 0 Å². The number of guanidine groups is 1. The maximum atomic E-state index is 6.06. The van der Waals surface area contributed by atoms with Crippen molar-refractivity contribution in [3.05, 3.63) is 12.4 Å². The van der Waals surface area contributed by atoms with Crippen molar-refractivity contribution < 1.29 is 0 Å². The van der Waals surface area contributed by atoms with E-state index in [4.69, 9.17) is 5.41 Å². The van der Waals surface area contributed by atoms with E-state index in [0.29, 0.717) is 0 Å². The Morgan fingerprint density at radius 1 is 1.56 bits per heavy atom. The van der Waals surface area contributed by atoms with Crippen LogP contribution >= 0.6 is 0 Å². The van der Waals surface area contributed by atoms with Crippen LogP contribution in [0.4, 0.5) is 0 Å². The Bertz CT molecular complexity index is 122. The molecule has 6 nitrogen and oxygen atoms in total. The molecule has 6 N–H and O–H groups in total. The molecule has 0 aromatic carbocycles. The normalized spacial score (nSPS) is 7.11. The number of aromatic amines is 1. The third kappa shape index (κ3) is 10.7. The Balaban J connectivity index is 0.000000148. The summed E-state index contributed by atoms with van der Waals surface area (Å²) in [6.07, 6.45) is 3.24. The van der Waals surface area contributed by atoms with Gasteiger partial charge < -0.3 is 11.5 Å². The van der Waals surface area contributed by atoms with E-state index >= 15 is 0 Å². The maximum absolute atomic E-state index is 6.06. The average molecular weight is 128 g/mol. The molecule has 0 fully saturated rings. The zero-order valence-electron chi connectivity index (χ0n) is 4.70. The molecule has 0 atom stereocenters. The van der Waals surface area contributed by atoms with E-state index in [1.54, 1.807) is 12.4 Å². The van der Waals surface area contributed by atoms with Gasteiger partial charge in [0.25, 0.3) is 0 Å². The fourth-order valence-corrected chi connectivity index (χ4v) is 0.167. The topological polar surface area (TPSA) is 117 Å². The minimum absolute atomic E-state index is 0.333. The number of H-pyrrole nitrogens is 1. The highest BCUT2D eigenvalue weighted by molar-refractivity contribution is 5.71. The number of aromatic nitrogens is 3. The van der Waals surface area contributed by atoms with E-state index in [1.165, 1.54) is 0 Å². The molecule has 0 unspecified atom stereocenters. The molecule has 50 valence electrons. The van der Waals surface area contributed by atoms with Crippen molar-refractivity contribution in [2.75, 3.05) is 0 Å². The minimum atomic E-state index is -0.333. The van der Waals surface area contributed by atoms with Gasteiger partial charge in [0.05, 0.1) is 6.20 Å². The van der Waals surface area contributed by atoms with Crippen LogP contribution in [0.1, 0.15) is 0 Å². The van der Waals surface area contributed by atoms with Gasteiger partial charge in [-0.25, -0.2) is 0 Å². The second-order valence-corrected chi connectivity index (χ2v) is 1.12. The van der Waals surface area contributed by atoms with Crippen LogP contribution in [0.25, 0.3) is 0 Å². The van der Waals surface area contributed by atoms with Crippen molar-refractivity contribution in [1.29, 1.82) is 5.41 Å². The van der Waals surface area contributed by atoms with E-state index in [0.717, 1.165) is 0 Å². The fourth-order valence-electron chi connectivity index (χ4n) is 0.167. The van der Waals surface area contributed by atoms with Gasteiger partial charge in [0, 0.05) is 6.20 Å². The van der Waals surface area contributed by atoms with Gasteiger partial charge in [-0.2, -0.15) is 0 Å². The van der Waals surface area contributed by atoms with Gasteiger partial charge in [-0.15, -0.1) is 5.10 Å². The largest absolute Gasteiger partial charge is 0.370 e. The number of nitrogens with zero attached hydrogens (tertiary/aromatic N) is 2. The molecule has 0 saturated carbocycles. The van der Waals surface area contributed by atoms with Gasteiger partial charge in [0.1, 0.15) is 0 Å². The number of rotatable bonds is 0. The van der Waals surface area contributed by atoms with Crippen LogP contribution in [0, 0.1) is 5.41 Å². The highest BCUT2D eigenvalue weighted by Gasteiger charge is 1.57. The third-order valence-corrected chi connectivity index (χ3v) is 0.331. The molecule has 1 aromatic rings. The second kappa shape index (κ2) is 4.57. The first kappa shape index (κ1) is 7.41. The van der Waals surface area contributed by atoms with Crippen LogP contribution in [0.3, 0.4) is 0 Å². The summed E-state index contributed by atoms with van der Waals surface area (Å²) in [5.41, 5.74) is 8.94. The number of nitrogens with two attached hydrogens (primary N) is 2. The van der Waals surface area contributed by atoms with E-state index in [2.05, 4.69) is 26.9 Å². The molecule has 0 radical (unpaired) electrons. The lowest BCUT2D eigenvalue weighted by molar-refractivity contribution is 0.940. The van der Waals surface area contributed by atoms with Gasteiger partial charge in [-0.1, -0.05) is 5.21 Å². The first-order valence-electron chi connectivity index (χ1n) is 2.13. The lowest BCUT2D eigenvalue weighted by atomic mass is 11.0. The molecule has 9 heavy (non-hydrogen) atoms. The second-order valence-electron chi connectivity index (χ2n) is 1.12. The first-order chi connectivity index (χ1) is 4.23. The molecule has 0 bridgehead atoms. The number of hydrogen-bond donors (Lipinski definition) is 4. The summed E-state index contributed by atoms with van der Waals surface area (Å²) in [5, 5.41) is 15.3. The molecule has 0 amide bonds. The zero-order chi connectivity index (χ0) is 7.11. The highest BCUT2D eigenvalue weighted by Crippen LogP contribution is 1.55. The van der Waals surface area contributed by atoms with Gasteiger partial charge in [-0.05, 0) is 0 Å². The summed E-state index contributed by atoms with van der Waals surface area (Å²) in [6.45, 7) is 0. The van der Waals surface area contributed by atoms with Crippen LogP contribution in [0.15, 0.2) is 12.4 Å². The molecule has 0 saturated heterocycles. The Morgan fingerprint density at radius 2 is 2.11 bits per heavy atom. The van der Waals surface area contributed by atoms with E-state index in [-0.39, 0.29) is 5.96 Å². The van der Waals surface area contributed by atoms with Gasteiger partial charge in [0.15, 0.2) is 5.96 Å². The monoisotopic (exact) mass is 128 g/mol. The molecule has 0 aliphatic rings. The Kier molecular flexibility index (Phi) is 3.76. The fraction of sp³-hybridized carbons (Fsp3) is 0. The van der Waals surface area contributed by atoms with Crippen LogP contribution in [0.5, 0.6) is 0 Å². The smallest absolute Gasteiger partial charge is 0.183 e. The summed E-state index contributed by atoms with van der Waals surface area (Å²) in [5.74, 6) is -0.333. The SMILES string of the molecule is N=C(N)N.c1c[nH]nn1. The van der Waals surface area contributed by atoms with Gasteiger partial charge in [0.2, 0.25) is 0 Å². The molecule has 1 rings (SSSR count). The van der Waals surface area contributed by atoms with Crippen LogP contribution < -0.4 is 11.5 Å². The summed E-state index contributed by atoms with van der Waals surface area (Å²) < 4.78 is 0. The summed E-state index contributed by atoms with van der Waals surface area (Å²) in [7, 11) is 0. The standard InChI is InChI=1S/C2H3N3.CH5N3/c1-2-4-5-3-1;2-1(3)4/h1-2H,(H,3,4,5);(H5,2,3,4). The molecule has 0 aliphatic carbocycles. The highest BCUT2D eigenvalue weighted by atomic mass is 15.3. The minimum Gasteiger partial charge on any atom is -0.370 e. The lowest BCUT2D eigenvalue weighted by Gasteiger charge is -1.69. The van der Waals surface area contributed by atoms with Crippen molar-refractivity contribution in [3.63, 3.8) is 0 Å². The van der Waals surface area contributed by atoms with Gasteiger partial charge in [-0.3, -0.25) is 10.5 Å². The molecule has 0 aliphatic heterocycles. The van der Waals surface area contributed by atoms with Gasteiger partial charge >= 0.3 is 0 Å². The zero-order valence-corrected chi connectivity index (χ0v) is 4.70.